The molecule has 0 atom stereocenters. The zero-order valence-corrected chi connectivity index (χ0v) is 17.6. The first-order valence-electron chi connectivity index (χ1n) is 8.92. The Bertz CT molecular complexity index is 861. The van der Waals surface area contributed by atoms with Gasteiger partial charge in [0, 0.05) is 24.5 Å². The molecular weight excluding hydrogens is 380 g/mol. The molecule has 0 unspecified atom stereocenters. The molecule has 1 amide bonds. The molecule has 2 aromatic carbocycles. The molecule has 5 nitrogen and oxygen atoms in total. The number of carbonyl (C=O) groups excluding carboxylic acids is 1. The summed E-state index contributed by atoms with van der Waals surface area (Å²) in [5.41, 5.74) is 2.02. The molecule has 0 spiro atoms. The Morgan fingerprint density at radius 1 is 1.04 bits per heavy atom. The van der Waals surface area contributed by atoms with Crippen molar-refractivity contribution in [3.63, 3.8) is 0 Å². The van der Waals surface area contributed by atoms with Crippen LogP contribution in [0.15, 0.2) is 58.3 Å². The average Bonchev–Trinajstić information content (AvgIpc) is 2.67. The largest absolute Gasteiger partial charge is 0.351 e. The van der Waals surface area contributed by atoms with Gasteiger partial charge in [-0.05, 0) is 36.2 Å². The number of sulfonamides is 1. The van der Waals surface area contributed by atoms with Crippen LogP contribution in [0, 0.1) is 6.92 Å². The quantitative estimate of drug-likeness (QED) is 0.648. The van der Waals surface area contributed by atoms with Crippen LogP contribution < -0.4 is 5.32 Å². The van der Waals surface area contributed by atoms with Gasteiger partial charge >= 0.3 is 0 Å². The summed E-state index contributed by atoms with van der Waals surface area (Å²) in [6.45, 7) is 6.91. The van der Waals surface area contributed by atoms with Crippen molar-refractivity contribution in [3.05, 3.63) is 59.7 Å². The Labute approximate surface area is 166 Å². The lowest BCUT2D eigenvalue weighted by Crippen LogP contribution is -2.30. The molecule has 0 fully saturated rings. The number of amides is 1. The normalized spacial score (nSPS) is 11.6. The highest BCUT2D eigenvalue weighted by atomic mass is 32.2. The monoisotopic (exact) mass is 406 g/mol. The highest BCUT2D eigenvalue weighted by Gasteiger charge is 2.21. The van der Waals surface area contributed by atoms with Gasteiger partial charge in [-0.15, -0.1) is 11.8 Å². The van der Waals surface area contributed by atoms with Crippen LogP contribution in [0.4, 0.5) is 0 Å². The summed E-state index contributed by atoms with van der Waals surface area (Å²) < 4.78 is 26.4. The smallest absolute Gasteiger partial charge is 0.243 e. The van der Waals surface area contributed by atoms with Crippen molar-refractivity contribution < 1.29 is 13.2 Å². The first-order chi connectivity index (χ1) is 12.9. The van der Waals surface area contributed by atoms with Gasteiger partial charge in [0.05, 0.1) is 10.6 Å². The summed E-state index contributed by atoms with van der Waals surface area (Å²) in [5.74, 6) is 0.294. The number of nitrogens with one attached hydrogen (secondary N) is 1. The number of nitrogens with zero attached hydrogens (tertiary/aromatic N) is 1. The second-order valence-electron chi connectivity index (χ2n) is 6.06. The van der Waals surface area contributed by atoms with Gasteiger partial charge in [-0.2, -0.15) is 4.31 Å². The fourth-order valence-corrected chi connectivity index (χ4v) is 4.92. The Morgan fingerprint density at radius 3 is 2.26 bits per heavy atom. The zero-order chi connectivity index (χ0) is 19.9. The maximum atomic E-state index is 12.5. The second kappa shape index (κ2) is 9.92. The standard InChI is InChI=1S/C20H26N2O3S2/c1-4-22(5-2)27(24,25)18-12-10-17(11-13-18)14-21-20(23)15-26-19-9-7-6-8-16(19)3/h6-13H,4-5,14-15H2,1-3H3,(H,21,23). The molecule has 0 aliphatic carbocycles. The maximum absolute atomic E-state index is 12.5. The van der Waals surface area contributed by atoms with E-state index in [9.17, 15) is 13.2 Å². The summed E-state index contributed by atoms with van der Waals surface area (Å²) in [5, 5.41) is 2.87. The minimum absolute atomic E-state index is 0.0527. The molecule has 0 saturated heterocycles. The van der Waals surface area contributed by atoms with Gasteiger partial charge in [0.2, 0.25) is 15.9 Å². The van der Waals surface area contributed by atoms with E-state index in [4.69, 9.17) is 0 Å². The van der Waals surface area contributed by atoms with Crippen molar-refractivity contribution in [2.75, 3.05) is 18.8 Å². The van der Waals surface area contributed by atoms with E-state index in [1.165, 1.54) is 16.1 Å². The zero-order valence-electron chi connectivity index (χ0n) is 15.9. The van der Waals surface area contributed by atoms with Crippen LogP contribution in [0.25, 0.3) is 0 Å². The van der Waals surface area contributed by atoms with Gasteiger partial charge < -0.3 is 5.32 Å². The topological polar surface area (TPSA) is 66.5 Å². The predicted molar refractivity (Wildman–Crippen MR) is 110 cm³/mol. The Morgan fingerprint density at radius 2 is 1.67 bits per heavy atom. The third kappa shape index (κ3) is 5.82. The van der Waals surface area contributed by atoms with Crippen LogP contribution in [-0.2, 0) is 21.4 Å². The predicted octanol–water partition coefficient (Wildman–Crippen LogP) is 3.43. The van der Waals surface area contributed by atoms with Crippen LogP contribution in [-0.4, -0.2) is 37.5 Å². The number of hydrogen-bond acceptors (Lipinski definition) is 4. The molecule has 0 radical (unpaired) electrons. The molecule has 146 valence electrons. The number of carbonyl (C=O) groups is 1. The lowest BCUT2D eigenvalue weighted by molar-refractivity contribution is -0.118. The third-order valence-corrected chi connectivity index (χ3v) is 7.45. The molecule has 2 rings (SSSR count). The summed E-state index contributed by atoms with van der Waals surface area (Å²) >= 11 is 1.51. The van der Waals surface area contributed by atoms with Crippen LogP contribution in [0.3, 0.4) is 0 Å². The molecule has 1 N–H and O–H groups in total. The molecule has 0 aromatic heterocycles. The minimum atomic E-state index is -3.45. The van der Waals surface area contributed by atoms with Gasteiger partial charge in [0.25, 0.3) is 0 Å². The lowest BCUT2D eigenvalue weighted by atomic mass is 10.2. The van der Waals surface area contributed by atoms with Crippen molar-refractivity contribution in [2.45, 2.75) is 37.1 Å². The molecule has 0 bridgehead atoms. The third-order valence-electron chi connectivity index (χ3n) is 4.21. The van der Waals surface area contributed by atoms with Gasteiger partial charge in [-0.25, -0.2) is 8.42 Å². The van der Waals surface area contributed by atoms with Gasteiger partial charge in [-0.3, -0.25) is 4.79 Å². The van der Waals surface area contributed by atoms with Gasteiger partial charge in [0.1, 0.15) is 0 Å². The number of thioether (sulfide) groups is 1. The maximum Gasteiger partial charge on any atom is 0.243 e. The molecular formula is C20H26N2O3S2. The van der Waals surface area contributed by atoms with Crippen LogP contribution in [0.2, 0.25) is 0 Å². The van der Waals surface area contributed by atoms with Crippen LogP contribution in [0.1, 0.15) is 25.0 Å². The van der Waals surface area contributed by atoms with E-state index in [0.717, 1.165) is 16.0 Å². The Kier molecular flexibility index (Phi) is 7.89. The molecule has 0 heterocycles. The highest BCUT2D eigenvalue weighted by molar-refractivity contribution is 8.00. The van der Waals surface area contributed by atoms with Crippen molar-refractivity contribution >= 4 is 27.7 Å². The fourth-order valence-electron chi connectivity index (χ4n) is 2.61. The van der Waals surface area contributed by atoms with Crippen LogP contribution in [0.5, 0.6) is 0 Å². The molecule has 0 saturated carbocycles. The molecule has 0 aliphatic heterocycles. The van der Waals surface area contributed by atoms with Crippen molar-refractivity contribution in [1.29, 1.82) is 0 Å². The number of rotatable bonds is 9. The van der Waals surface area contributed by atoms with Crippen molar-refractivity contribution in [2.24, 2.45) is 0 Å². The van der Waals surface area contributed by atoms with E-state index in [0.29, 0.717) is 25.4 Å². The van der Waals surface area contributed by atoms with E-state index < -0.39 is 10.0 Å². The number of aryl methyl sites for hydroxylation is 1. The van der Waals surface area contributed by atoms with E-state index in [1.807, 2.05) is 45.0 Å². The van der Waals surface area contributed by atoms with E-state index in [1.54, 1.807) is 24.3 Å². The number of benzene rings is 2. The fraction of sp³-hybridized carbons (Fsp3) is 0.350. The Balaban J connectivity index is 1.89. The average molecular weight is 407 g/mol. The summed E-state index contributed by atoms with van der Waals surface area (Å²) in [7, 11) is -3.45. The van der Waals surface area contributed by atoms with Gasteiger partial charge in [0.15, 0.2) is 0 Å². The lowest BCUT2D eigenvalue weighted by Gasteiger charge is -2.18. The molecule has 2 aromatic rings. The SMILES string of the molecule is CCN(CC)S(=O)(=O)c1ccc(CNC(=O)CSc2ccccc2C)cc1. The second-order valence-corrected chi connectivity index (χ2v) is 9.02. The van der Waals surface area contributed by atoms with Gasteiger partial charge in [-0.1, -0.05) is 44.2 Å². The van der Waals surface area contributed by atoms with E-state index >= 15 is 0 Å². The summed E-state index contributed by atoms with van der Waals surface area (Å²) in [4.78, 5) is 13.4. The highest BCUT2D eigenvalue weighted by Crippen LogP contribution is 2.21. The molecule has 27 heavy (non-hydrogen) atoms. The first-order valence-corrected chi connectivity index (χ1v) is 11.3. The first kappa shape index (κ1) is 21.5. The summed E-state index contributed by atoms with van der Waals surface area (Å²) in [6, 6.07) is 14.6. The summed E-state index contributed by atoms with van der Waals surface area (Å²) in [6.07, 6.45) is 0. The molecule has 0 aliphatic rings. The van der Waals surface area contributed by atoms with Crippen molar-refractivity contribution in [3.8, 4) is 0 Å². The van der Waals surface area contributed by atoms with Crippen molar-refractivity contribution in [1.82, 2.24) is 9.62 Å². The molecule has 7 heteroatoms. The number of hydrogen-bond donors (Lipinski definition) is 1. The van der Waals surface area contributed by atoms with E-state index in [-0.39, 0.29) is 10.8 Å². The van der Waals surface area contributed by atoms with E-state index in [2.05, 4.69) is 5.32 Å². The minimum Gasteiger partial charge on any atom is -0.351 e. The Hall–Kier alpha value is -1.83. The van der Waals surface area contributed by atoms with Crippen LogP contribution >= 0.6 is 11.8 Å².